The van der Waals surface area contributed by atoms with E-state index < -0.39 is 12.3 Å². The van der Waals surface area contributed by atoms with E-state index in [9.17, 15) is 13.6 Å². The number of likely N-dealkylation sites (N-methyl/N-ethyl adjacent to an activating group) is 1. The number of benzene rings is 2. The molecule has 0 radical (unpaired) electrons. The molecule has 10 heteroatoms. The molecule has 1 fully saturated rings. The minimum Gasteiger partial charge on any atom is -0.497 e. The van der Waals surface area contributed by atoms with Gasteiger partial charge in [-0.25, -0.2) is 4.79 Å². The maximum absolute atomic E-state index is 13.1. The summed E-state index contributed by atoms with van der Waals surface area (Å²) in [6.07, 6.45) is -2.15. The second kappa shape index (κ2) is 10.6. The van der Waals surface area contributed by atoms with Gasteiger partial charge in [-0.1, -0.05) is 19.1 Å². The molecule has 8 nitrogen and oxygen atoms in total. The Labute approximate surface area is 196 Å². The molecule has 180 valence electrons. The number of alkyl halides is 2. The number of ether oxygens (including phenoxy) is 1. The molecule has 0 spiro atoms. The van der Waals surface area contributed by atoms with E-state index in [-0.39, 0.29) is 18.0 Å². The number of carbonyl (C=O) groups excluding carboxylic acids is 1. The van der Waals surface area contributed by atoms with E-state index in [1.54, 1.807) is 31.4 Å². The highest BCUT2D eigenvalue weighted by Crippen LogP contribution is 2.25. The number of halogens is 2. The van der Waals surface area contributed by atoms with Crippen molar-refractivity contribution in [2.45, 2.75) is 25.8 Å². The van der Waals surface area contributed by atoms with Crippen LogP contribution < -0.4 is 10.1 Å². The van der Waals surface area contributed by atoms with Gasteiger partial charge in [-0.2, -0.15) is 8.78 Å². The predicted molar refractivity (Wildman–Crippen MR) is 123 cm³/mol. The van der Waals surface area contributed by atoms with Crippen molar-refractivity contribution in [3.05, 3.63) is 60.0 Å². The lowest BCUT2D eigenvalue weighted by Gasteiger charge is -2.41. The summed E-state index contributed by atoms with van der Waals surface area (Å²) in [7, 11) is 1.60. The molecule has 4 rings (SSSR count). The van der Waals surface area contributed by atoms with Crippen molar-refractivity contribution in [2.75, 3.05) is 38.6 Å². The van der Waals surface area contributed by atoms with Crippen LogP contribution in [0.5, 0.6) is 5.75 Å². The Morgan fingerprint density at radius 2 is 1.88 bits per heavy atom. The number of amides is 2. The van der Waals surface area contributed by atoms with Crippen LogP contribution >= 0.6 is 0 Å². The summed E-state index contributed by atoms with van der Waals surface area (Å²) in [6, 6.07) is 14.4. The quantitative estimate of drug-likeness (QED) is 0.548. The molecule has 34 heavy (non-hydrogen) atoms. The van der Waals surface area contributed by atoms with E-state index in [1.165, 1.54) is 0 Å². The second-order valence-electron chi connectivity index (χ2n) is 8.05. The Kier molecular flexibility index (Phi) is 7.36. The van der Waals surface area contributed by atoms with Crippen molar-refractivity contribution in [3.63, 3.8) is 0 Å². The molecule has 2 heterocycles. The SMILES string of the molecule is CCN1CCN(C(=O)Nc2ccc(OC)cc2)C(Cc2ccc(-c3nnc(C(F)F)o3)cc2)C1. The van der Waals surface area contributed by atoms with Crippen molar-refractivity contribution < 1.29 is 22.7 Å². The number of nitrogens with zero attached hydrogens (tertiary/aromatic N) is 4. The number of anilines is 1. The molecule has 1 aliphatic rings. The topological polar surface area (TPSA) is 83.7 Å². The lowest BCUT2D eigenvalue weighted by atomic mass is 10.0. The third kappa shape index (κ3) is 5.51. The minimum absolute atomic E-state index is 0.0216. The third-order valence-corrected chi connectivity index (χ3v) is 5.92. The maximum Gasteiger partial charge on any atom is 0.322 e. The number of piperazine rings is 1. The molecule has 1 saturated heterocycles. The summed E-state index contributed by atoms with van der Waals surface area (Å²) in [5.74, 6) is 0.0819. The molecule has 0 aliphatic carbocycles. The van der Waals surface area contributed by atoms with Crippen LogP contribution in [0.3, 0.4) is 0 Å². The maximum atomic E-state index is 13.1. The van der Waals surface area contributed by atoms with Crippen LogP contribution in [0.4, 0.5) is 19.3 Å². The zero-order valence-electron chi connectivity index (χ0n) is 19.1. The molecule has 0 saturated carbocycles. The van der Waals surface area contributed by atoms with E-state index >= 15 is 0 Å². The van der Waals surface area contributed by atoms with Gasteiger partial charge in [0.15, 0.2) is 0 Å². The number of nitrogens with one attached hydrogen (secondary N) is 1. The average molecular weight is 472 g/mol. The van der Waals surface area contributed by atoms with Crippen LogP contribution in [0.25, 0.3) is 11.5 Å². The normalized spacial score (nSPS) is 16.6. The molecule has 1 unspecified atom stereocenters. The Bertz CT molecular complexity index is 1090. The second-order valence-corrected chi connectivity index (χ2v) is 8.05. The number of hydrogen-bond acceptors (Lipinski definition) is 6. The van der Waals surface area contributed by atoms with E-state index in [4.69, 9.17) is 9.15 Å². The standard InChI is InChI=1S/C24H27F2N5O3/c1-3-30-12-13-31(24(32)27-18-8-10-20(33-2)11-9-18)19(15-30)14-16-4-6-17(7-5-16)22-28-29-23(34-22)21(25)26/h4-11,19,21H,3,12-15H2,1-2H3,(H,27,32). The average Bonchev–Trinajstić information content (AvgIpc) is 3.36. The molecule has 1 aromatic heterocycles. The van der Waals surface area contributed by atoms with Gasteiger partial charge in [-0.15, -0.1) is 10.2 Å². The number of carbonyl (C=O) groups is 1. The molecule has 3 aromatic rings. The Morgan fingerprint density at radius 1 is 1.15 bits per heavy atom. The Morgan fingerprint density at radius 3 is 2.50 bits per heavy atom. The largest absolute Gasteiger partial charge is 0.497 e. The van der Waals surface area contributed by atoms with Crippen molar-refractivity contribution >= 4 is 11.7 Å². The lowest BCUT2D eigenvalue weighted by molar-refractivity contribution is 0.104. The van der Waals surface area contributed by atoms with Gasteiger partial charge in [0, 0.05) is 30.9 Å². The molecule has 2 amide bonds. The van der Waals surface area contributed by atoms with Gasteiger partial charge in [0.25, 0.3) is 5.89 Å². The van der Waals surface area contributed by atoms with Gasteiger partial charge in [0.2, 0.25) is 5.89 Å². The van der Waals surface area contributed by atoms with Crippen molar-refractivity contribution in [3.8, 4) is 17.2 Å². The van der Waals surface area contributed by atoms with Crippen LogP contribution in [0.2, 0.25) is 0 Å². The highest BCUT2D eigenvalue weighted by molar-refractivity contribution is 5.89. The Hall–Kier alpha value is -3.53. The first-order valence-corrected chi connectivity index (χ1v) is 11.1. The fourth-order valence-electron chi connectivity index (χ4n) is 4.01. The summed E-state index contributed by atoms with van der Waals surface area (Å²) in [4.78, 5) is 17.3. The molecule has 2 aromatic carbocycles. The van der Waals surface area contributed by atoms with Crippen LogP contribution in [-0.4, -0.2) is 65.4 Å². The molecule has 1 atom stereocenters. The van der Waals surface area contributed by atoms with E-state index in [0.29, 0.717) is 24.2 Å². The van der Waals surface area contributed by atoms with Crippen LogP contribution in [0.1, 0.15) is 24.8 Å². The summed E-state index contributed by atoms with van der Waals surface area (Å²) in [5.41, 5.74) is 2.29. The fraction of sp³-hybridized carbons (Fsp3) is 0.375. The summed E-state index contributed by atoms with van der Waals surface area (Å²) in [6.45, 7) is 5.21. The van der Waals surface area contributed by atoms with Crippen molar-refractivity contribution in [1.29, 1.82) is 0 Å². The summed E-state index contributed by atoms with van der Waals surface area (Å²) >= 11 is 0. The lowest BCUT2D eigenvalue weighted by Crippen LogP contribution is -2.56. The molecular formula is C24H27F2N5O3. The number of urea groups is 1. The van der Waals surface area contributed by atoms with Crippen LogP contribution in [0, 0.1) is 0 Å². The highest BCUT2D eigenvalue weighted by atomic mass is 19.3. The predicted octanol–water partition coefficient (Wildman–Crippen LogP) is 4.46. The van der Waals surface area contributed by atoms with Gasteiger partial charge in [0.1, 0.15) is 5.75 Å². The van der Waals surface area contributed by atoms with Crippen molar-refractivity contribution in [2.24, 2.45) is 0 Å². The monoisotopic (exact) mass is 471 g/mol. The minimum atomic E-state index is -2.80. The first kappa shape index (κ1) is 23.6. The molecule has 1 N–H and O–H groups in total. The smallest absolute Gasteiger partial charge is 0.322 e. The zero-order chi connectivity index (χ0) is 24.1. The third-order valence-electron chi connectivity index (χ3n) is 5.92. The summed E-state index contributed by atoms with van der Waals surface area (Å²) in [5, 5.41) is 10.0. The van der Waals surface area contributed by atoms with Gasteiger partial charge in [-0.3, -0.25) is 4.90 Å². The number of aromatic nitrogens is 2. The van der Waals surface area contributed by atoms with E-state index in [1.807, 2.05) is 29.2 Å². The van der Waals surface area contributed by atoms with Gasteiger partial charge >= 0.3 is 12.5 Å². The molecule has 1 aliphatic heterocycles. The van der Waals surface area contributed by atoms with Gasteiger partial charge in [-0.05, 0) is 54.9 Å². The van der Waals surface area contributed by atoms with Crippen LogP contribution in [-0.2, 0) is 6.42 Å². The number of methoxy groups -OCH3 is 1. The van der Waals surface area contributed by atoms with Gasteiger partial charge < -0.3 is 19.4 Å². The first-order chi connectivity index (χ1) is 16.5. The molecule has 0 bridgehead atoms. The van der Waals surface area contributed by atoms with E-state index in [0.717, 1.165) is 30.9 Å². The number of rotatable bonds is 7. The molecular weight excluding hydrogens is 444 g/mol. The van der Waals surface area contributed by atoms with Crippen molar-refractivity contribution in [1.82, 2.24) is 20.0 Å². The first-order valence-electron chi connectivity index (χ1n) is 11.1. The van der Waals surface area contributed by atoms with Gasteiger partial charge in [0.05, 0.1) is 13.2 Å². The van der Waals surface area contributed by atoms with Crippen LogP contribution in [0.15, 0.2) is 52.9 Å². The Balaban J connectivity index is 1.45. The fourth-order valence-corrected chi connectivity index (χ4v) is 4.01. The van der Waals surface area contributed by atoms with E-state index in [2.05, 4.69) is 27.3 Å². The number of hydrogen-bond donors (Lipinski definition) is 1. The summed E-state index contributed by atoms with van der Waals surface area (Å²) < 4.78 is 35.6. The highest BCUT2D eigenvalue weighted by Gasteiger charge is 2.30. The zero-order valence-corrected chi connectivity index (χ0v) is 19.1.